The maximum atomic E-state index is 10.9. The van der Waals surface area contributed by atoms with E-state index < -0.39 is 5.97 Å². The van der Waals surface area contributed by atoms with Gasteiger partial charge in [-0.15, -0.1) is 11.8 Å². The molecule has 0 fully saturated rings. The molecule has 0 aliphatic carbocycles. The van der Waals surface area contributed by atoms with Gasteiger partial charge in [-0.2, -0.15) is 0 Å². The minimum Gasteiger partial charge on any atom is -0.478 e. The van der Waals surface area contributed by atoms with Crippen LogP contribution in [0.2, 0.25) is 5.02 Å². The number of carboxylic acid groups (broad SMARTS) is 1. The summed E-state index contributed by atoms with van der Waals surface area (Å²) in [4.78, 5) is 11.8. The average Bonchev–Trinajstić information content (AvgIpc) is 2.30. The molecule has 0 atom stereocenters. The lowest BCUT2D eigenvalue weighted by molar-refractivity contribution is 0.0697. The largest absolute Gasteiger partial charge is 0.478 e. The summed E-state index contributed by atoms with van der Waals surface area (Å²) in [6, 6.07) is 5.02. The predicted molar refractivity (Wildman–Crippen MR) is 70.2 cm³/mol. The van der Waals surface area contributed by atoms with Gasteiger partial charge in [-0.3, -0.25) is 0 Å². The van der Waals surface area contributed by atoms with Crippen LogP contribution in [0.1, 0.15) is 23.7 Å². The lowest BCUT2D eigenvalue weighted by atomic mass is 10.2. The predicted octanol–water partition coefficient (Wildman–Crippen LogP) is 3.56. The summed E-state index contributed by atoms with van der Waals surface area (Å²) < 4.78 is 5.34. The number of carbonyl (C=O) groups is 1. The molecule has 3 nitrogen and oxygen atoms in total. The van der Waals surface area contributed by atoms with Gasteiger partial charge in [0, 0.05) is 17.3 Å². The van der Waals surface area contributed by atoms with Crippen LogP contribution in [-0.2, 0) is 4.74 Å². The summed E-state index contributed by atoms with van der Waals surface area (Å²) in [5.41, 5.74) is 0.145. The van der Waals surface area contributed by atoms with Crippen molar-refractivity contribution < 1.29 is 14.6 Å². The first-order valence-corrected chi connectivity index (χ1v) is 6.75. The van der Waals surface area contributed by atoms with Crippen molar-refractivity contribution in [1.29, 1.82) is 0 Å². The monoisotopic (exact) mass is 274 g/mol. The van der Waals surface area contributed by atoms with Gasteiger partial charge in [0.2, 0.25) is 0 Å². The van der Waals surface area contributed by atoms with Gasteiger partial charge in [-0.05, 0) is 24.6 Å². The molecule has 0 unspecified atom stereocenters. The lowest BCUT2D eigenvalue weighted by Crippen LogP contribution is -1.99. The molecule has 0 saturated heterocycles. The molecule has 1 rings (SSSR count). The molecule has 1 N–H and O–H groups in total. The second-order valence-corrected chi connectivity index (χ2v) is 4.98. The Morgan fingerprint density at radius 2 is 2.24 bits per heavy atom. The summed E-state index contributed by atoms with van der Waals surface area (Å²) in [5, 5.41) is 9.18. The summed E-state index contributed by atoms with van der Waals surface area (Å²) in [6.07, 6.45) is 1.01. The van der Waals surface area contributed by atoms with E-state index in [-0.39, 0.29) is 10.6 Å². The minimum atomic E-state index is -1.00. The summed E-state index contributed by atoms with van der Waals surface area (Å²) in [7, 11) is 0. The molecule has 0 spiro atoms. The molecular formula is C12H15ClO3S. The first-order chi connectivity index (χ1) is 8.15. The smallest absolute Gasteiger partial charge is 0.337 e. The molecule has 0 radical (unpaired) electrons. The molecule has 0 aliphatic heterocycles. The number of ether oxygens (including phenoxy) is 1. The normalized spacial score (nSPS) is 10.5. The molecule has 17 heavy (non-hydrogen) atoms. The van der Waals surface area contributed by atoms with Gasteiger partial charge in [0.15, 0.2) is 0 Å². The van der Waals surface area contributed by atoms with Crippen molar-refractivity contribution in [2.45, 2.75) is 18.2 Å². The average molecular weight is 275 g/mol. The van der Waals surface area contributed by atoms with E-state index in [9.17, 15) is 4.79 Å². The SMILES string of the molecule is CCCOCCSc1ccc(Cl)c(C(=O)O)c1. The summed E-state index contributed by atoms with van der Waals surface area (Å²) in [5.74, 6) is -0.194. The van der Waals surface area contributed by atoms with E-state index in [1.54, 1.807) is 23.9 Å². The highest BCUT2D eigenvalue weighted by molar-refractivity contribution is 7.99. The van der Waals surface area contributed by atoms with Crippen LogP contribution in [0.3, 0.4) is 0 Å². The fourth-order valence-corrected chi connectivity index (χ4v) is 2.22. The molecule has 0 bridgehead atoms. The Balaban J connectivity index is 2.49. The highest BCUT2D eigenvalue weighted by atomic mass is 35.5. The van der Waals surface area contributed by atoms with Crippen LogP contribution in [0.15, 0.2) is 23.1 Å². The molecule has 0 amide bonds. The first-order valence-electron chi connectivity index (χ1n) is 5.38. The number of benzene rings is 1. The van der Waals surface area contributed by atoms with Crippen LogP contribution < -0.4 is 0 Å². The molecule has 0 aromatic heterocycles. The minimum absolute atomic E-state index is 0.145. The zero-order valence-electron chi connectivity index (χ0n) is 9.61. The fourth-order valence-electron chi connectivity index (χ4n) is 1.22. The fraction of sp³-hybridized carbons (Fsp3) is 0.417. The van der Waals surface area contributed by atoms with Crippen LogP contribution in [0, 0.1) is 0 Å². The van der Waals surface area contributed by atoms with E-state index in [1.807, 2.05) is 6.07 Å². The Hall–Kier alpha value is -0.710. The van der Waals surface area contributed by atoms with Crippen molar-refractivity contribution in [2.75, 3.05) is 19.0 Å². The van der Waals surface area contributed by atoms with Crippen molar-refractivity contribution in [3.63, 3.8) is 0 Å². The molecular weight excluding hydrogens is 260 g/mol. The number of thioether (sulfide) groups is 1. The Morgan fingerprint density at radius 1 is 1.47 bits per heavy atom. The Morgan fingerprint density at radius 3 is 2.88 bits per heavy atom. The van der Waals surface area contributed by atoms with Gasteiger partial charge in [-0.1, -0.05) is 18.5 Å². The van der Waals surface area contributed by atoms with Crippen LogP contribution in [0.25, 0.3) is 0 Å². The third-order valence-corrected chi connectivity index (χ3v) is 3.30. The van der Waals surface area contributed by atoms with E-state index in [2.05, 4.69) is 6.92 Å². The number of aromatic carboxylic acids is 1. The molecule has 94 valence electrons. The van der Waals surface area contributed by atoms with Crippen LogP contribution in [0.4, 0.5) is 0 Å². The number of hydrogen-bond donors (Lipinski definition) is 1. The van der Waals surface area contributed by atoms with Crippen LogP contribution in [0.5, 0.6) is 0 Å². The Bertz CT molecular complexity index is 382. The quantitative estimate of drug-likeness (QED) is 0.610. The summed E-state index contributed by atoms with van der Waals surface area (Å²) in [6.45, 7) is 3.50. The zero-order chi connectivity index (χ0) is 12.7. The summed E-state index contributed by atoms with van der Waals surface area (Å²) >= 11 is 7.34. The molecule has 5 heteroatoms. The van der Waals surface area contributed by atoms with Crippen molar-refractivity contribution >= 4 is 29.3 Å². The number of carboxylic acids is 1. The Labute approximate surface area is 110 Å². The van der Waals surface area contributed by atoms with Gasteiger partial charge in [0.05, 0.1) is 17.2 Å². The van der Waals surface area contributed by atoms with E-state index in [4.69, 9.17) is 21.4 Å². The number of rotatable bonds is 7. The highest BCUT2D eigenvalue weighted by Gasteiger charge is 2.09. The van der Waals surface area contributed by atoms with Gasteiger partial charge in [0.25, 0.3) is 0 Å². The van der Waals surface area contributed by atoms with Crippen LogP contribution >= 0.6 is 23.4 Å². The third kappa shape index (κ3) is 4.98. The van der Waals surface area contributed by atoms with Crippen molar-refractivity contribution in [2.24, 2.45) is 0 Å². The molecule has 1 aromatic carbocycles. The highest BCUT2D eigenvalue weighted by Crippen LogP contribution is 2.24. The lowest BCUT2D eigenvalue weighted by Gasteiger charge is -2.05. The van der Waals surface area contributed by atoms with E-state index in [1.165, 1.54) is 0 Å². The standard InChI is InChI=1S/C12H15ClO3S/c1-2-5-16-6-7-17-9-3-4-11(13)10(8-9)12(14)15/h3-4,8H,2,5-7H2,1H3,(H,14,15). The molecule has 1 aromatic rings. The van der Waals surface area contributed by atoms with E-state index in [0.29, 0.717) is 6.61 Å². The maximum Gasteiger partial charge on any atom is 0.337 e. The Kier molecular flexibility index (Phi) is 6.40. The van der Waals surface area contributed by atoms with Gasteiger partial charge in [-0.25, -0.2) is 4.79 Å². The molecule has 0 heterocycles. The van der Waals surface area contributed by atoms with Gasteiger partial charge in [0.1, 0.15) is 0 Å². The van der Waals surface area contributed by atoms with Crippen LogP contribution in [-0.4, -0.2) is 30.0 Å². The second kappa shape index (κ2) is 7.58. The zero-order valence-corrected chi connectivity index (χ0v) is 11.2. The third-order valence-electron chi connectivity index (χ3n) is 2.01. The van der Waals surface area contributed by atoms with Crippen molar-refractivity contribution in [1.82, 2.24) is 0 Å². The van der Waals surface area contributed by atoms with E-state index >= 15 is 0 Å². The van der Waals surface area contributed by atoms with E-state index in [0.717, 1.165) is 23.7 Å². The maximum absolute atomic E-state index is 10.9. The number of hydrogen-bond acceptors (Lipinski definition) is 3. The van der Waals surface area contributed by atoms with Gasteiger partial charge < -0.3 is 9.84 Å². The van der Waals surface area contributed by atoms with Gasteiger partial charge >= 0.3 is 5.97 Å². The first kappa shape index (κ1) is 14.4. The molecule has 0 aliphatic rings. The van der Waals surface area contributed by atoms with Crippen molar-refractivity contribution in [3.05, 3.63) is 28.8 Å². The van der Waals surface area contributed by atoms with Crippen molar-refractivity contribution in [3.8, 4) is 0 Å². The number of halogens is 1. The second-order valence-electron chi connectivity index (χ2n) is 3.41. The molecule has 0 saturated carbocycles. The topological polar surface area (TPSA) is 46.5 Å².